The van der Waals surface area contributed by atoms with Crippen molar-refractivity contribution in [3.63, 3.8) is 0 Å². The first-order valence-electron chi connectivity index (χ1n) is 10.00. The number of hydrogen-bond acceptors (Lipinski definition) is 7. The van der Waals surface area contributed by atoms with E-state index < -0.39 is 6.61 Å². The van der Waals surface area contributed by atoms with Gasteiger partial charge in [0.05, 0.1) is 12.1 Å². The molecular formula is C21H22F2N4O3S. The molecular weight excluding hydrogens is 426 g/mol. The number of ether oxygens (including phenoxy) is 1. The zero-order valence-electron chi connectivity index (χ0n) is 16.9. The van der Waals surface area contributed by atoms with Crippen LogP contribution in [0.4, 0.5) is 13.9 Å². The molecule has 1 fully saturated rings. The summed E-state index contributed by atoms with van der Waals surface area (Å²) in [4.78, 5) is 19.5. The first kappa shape index (κ1) is 21.4. The standard InChI is InChI=1S/C21H22F2N4O3S/c1-13-16(11-17(29-13)14-6-5-7-15(10-14)30-20(22)23)19(28)25-21-24-18(26-31-21)12-27-8-3-2-4-9-27/h5-7,10-11,20H,2-4,8-9,12H2,1H3,(H,24,25,26,28). The Morgan fingerprint density at radius 2 is 2.10 bits per heavy atom. The second-order valence-corrected chi connectivity index (χ2v) is 8.05. The molecule has 3 heterocycles. The van der Waals surface area contributed by atoms with Gasteiger partial charge in [-0.15, -0.1) is 0 Å². The second-order valence-electron chi connectivity index (χ2n) is 7.29. The zero-order valence-corrected chi connectivity index (χ0v) is 17.8. The van der Waals surface area contributed by atoms with Gasteiger partial charge in [-0.2, -0.15) is 13.2 Å². The molecule has 0 aliphatic carbocycles. The number of halogens is 2. The van der Waals surface area contributed by atoms with E-state index in [1.807, 2.05) is 0 Å². The van der Waals surface area contributed by atoms with Crippen molar-refractivity contribution < 1.29 is 22.7 Å². The van der Waals surface area contributed by atoms with Crippen molar-refractivity contribution in [2.75, 3.05) is 18.4 Å². The molecule has 0 unspecified atom stereocenters. The summed E-state index contributed by atoms with van der Waals surface area (Å²) in [5.41, 5.74) is 0.864. The van der Waals surface area contributed by atoms with Crippen LogP contribution in [0.3, 0.4) is 0 Å². The number of nitrogens with zero attached hydrogens (tertiary/aromatic N) is 3. The van der Waals surface area contributed by atoms with Gasteiger partial charge in [-0.3, -0.25) is 15.0 Å². The van der Waals surface area contributed by atoms with Crippen molar-refractivity contribution in [1.29, 1.82) is 0 Å². The molecule has 0 radical (unpaired) electrons. The number of nitrogens with one attached hydrogen (secondary N) is 1. The summed E-state index contributed by atoms with van der Waals surface area (Å²) in [6.07, 6.45) is 3.64. The maximum atomic E-state index is 12.7. The quantitative estimate of drug-likeness (QED) is 0.551. The summed E-state index contributed by atoms with van der Waals surface area (Å²) in [7, 11) is 0. The van der Waals surface area contributed by atoms with Crippen LogP contribution in [0.25, 0.3) is 11.3 Å². The number of aryl methyl sites for hydroxylation is 1. The van der Waals surface area contributed by atoms with Gasteiger partial charge in [0.25, 0.3) is 5.91 Å². The Labute approximate surface area is 182 Å². The summed E-state index contributed by atoms with van der Waals surface area (Å²) in [5, 5.41) is 3.19. The van der Waals surface area contributed by atoms with E-state index in [4.69, 9.17) is 4.42 Å². The molecule has 1 amide bonds. The van der Waals surface area contributed by atoms with Crippen LogP contribution >= 0.6 is 11.5 Å². The average Bonchev–Trinajstić information content (AvgIpc) is 3.35. The SMILES string of the molecule is Cc1oc(-c2cccc(OC(F)F)c2)cc1C(=O)Nc1nc(CN2CCCCC2)ns1. The van der Waals surface area contributed by atoms with E-state index in [0.717, 1.165) is 24.6 Å². The molecule has 1 aliphatic rings. The average molecular weight is 448 g/mol. The van der Waals surface area contributed by atoms with E-state index in [0.29, 0.717) is 40.1 Å². The lowest BCUT2D eigenvalue weighted by atomic mass is 10.1. The third kappa shape index (κ3) is 5.45. The van der Waals surface area contributed by atoms with Gasteiger partial charge in [-0.1, -0.05) is 18.6 Å². The summed E-state index contributed by atoms with van der Waals surface area (Å²) >= 11 is 1.14. The number of likely N-dealkylation sites (tertiary alicyclic amines) is 1. The molecule has 0 spiro atoms. The largest absolute Gasteiger partial charge is 0.461 e. The van der Waals surface area contributed by atoms with Crippen molar-refractivity contribution >= 4 is 22.6 Å². The lowest BCUT2D eigenvalue weighted by molar-refractivity contribution is -0.0498. The number of amides is 1. The van der Waals surface area contributed by atoms with Crippen molar-refractivity contribution in [1.82, 2.24) is 14.3 Å². The minimum Gasteiger partial charge on any atom is -0.461 e. The van der Waals surface area contributed by atoms with E-state index in [9.17, 15) is 13.6 Å². The molecule has 2 aromatic heterocycles. The van der Waals surface area contributed by atoms with Crippen LogP contribution in [0, 0.1) is 6.92 Å². The molecule has 0 atom stereocenters. The molecule has 3 aromatic rings. The van der Waals surface area contributed by atoms with Gasteiger partial charge < -0.3 is 9.15 Å². The summed E-state index contributed by atoms with van der Waals surface area (Å²) in [6, 6.07) is 7.70. The van der Waals surface area contributed by atoms with Gasteiger partial charge in [-0.05, 0) is 51.1 Å². The van der Waals surface area contributed by atoms with E-state index in [-0.39, 0.29) is 11.7 Å². The number of benzene rings is 1. The molecule has 1 saturated heterocycles. The van der Waals surface area contributed by atoms with Crippen LogP contribution in [0.15, 0.2) is 34.7 Å². The number of aromatic nitrogens is 2. The van der Waals surface area contributed by atoms with Gasteiger partial charge in [-0.25, -0.2) is 4.98 Å². The van der Waals surface area contributed by atoms with Crippen molar-refractivity contribution in [2.24, 2.45) is 0 Å². The van der Waals surface area contributed by atoms with Crippen LogP contribution in [-0.2, 0) is 6.54 Å². The molecule has 4 rings (SSSR count). The van der Waals surface area contributed by atoms with Crippen LogP contribution in [0.2, 0.25) is 0 Å². The molecule has 7 nitrogen and oxygen atoms in total. The van der Waals surface area contributed by atoms with E-state index >= 15 is 0 Å². The fourth-order valence-electron chi connectivity index (χ4n) is 3.53. The van der Waals surface area contributed by atoms with Gasteiger partial charge >= 0.3 is 6.61 Å². The molecule has 31 heavy (non-hydrogen) atoms. The number of alkyl halides is 2. The maximum absolute atomic E-state index is 12.7. The van der Waals surface area contributed by atoms with Crippen LogP contribution in [0.5, 0.6) is 5.75 Å². The first-order chi connectivity index (χ1) is 15.0. The predicted octanol–water partition coefficient (Wildman–Crippen LogP) is 4.95. The van der Waals surface area contributed by atoms with E-state index in [1.54, 1.807) is 25.1 Å². The van der Waals surface area contributed by atoms with Gasteiger partial charge in [0.1, 0.15) is 17.3 Å². The highest BCUT2D eigenvalue weighted by Crippen LogP contribution is 2.29. The molecule has 0 bridgehead atoms. The number of carbonyl (C=O) groups is 1. The van der Waals surface area contributed by atoms with Crippen LogP contribution < -0.4 is 10.1 Å². The molecule has 1 N–H and O–H groups in total. The predicted molar refractivity (Wildman–Crippen MR) is 113 cm³/mol. The van der Waals surface area contributed by atoms with Gasteiger partial charge in [0, 0.05) is 17.1 Å². The normalized spacial score (nSPS) is 14.7. The Balaban J connectivity index is 1.43. The Morgan fingerprint density at radius 1 is 1.29 bits per heavy atom. The maximum Gasteiger partial charge on any atom is 0.387 e. The lowest BCUT2D eigenvalue weighted by Gasteiger charge is -2.24. The summed E-state index contributed by atoms with van der Waals surface area (Å²) in [5.74, 6) is 1.13. The fourth-order valence-corrected chi connectivity index (χ4v) is 4.10. The minimum absolute atomic E-state index is 0.0163. The van der Waals surface area contributed by atoms with E-state index in [1.165, 1.54) is 31.4 Å². The Hall–Kier alpha value is -2.85. The van der Waals surface area contributed by atoms with Crippen molar-refractivity contribution in [3.8, 4) is 17.1 Å². The molecule has 1 aromatic carbocycles. The number of anilines is 1. The highest BCUT2D eigenvalue weighted by molar-refractivity contribution is 7.09. The third-order valence-electron chi connectivity index (χ3n) is 5.01. The van der Waals surface area contributed by atoms with Crippen LogP contribution in [0.1, 0.15) is 41.2 Å². The second kappa shape index (κ2) is 9.52. The topological polar surface area (TPSA) is 80.5 Å². The zero-order chi connectivity index (χ0) is 21.8. The summed E-state index contributed by atoms with van der Waals surface area (Å²) in [6.45, 7) is 1.52. The number of carbonyl (C=O) groups excluding carboxylic acids is 1. The van der Waals surface area contributed by atoms with Crippen LogP contribution in [-0.4, -0.2) is 39.9 Å². The number of piperidine rings is 1. The first-order valence-corrected chi connectivity index (χ1v) is 10.8. The highest BCUT2D eigenvalue weighted by atomic mass is 32.1. The number of rotatable bonds is 7. The molecule has 10 heteroatoms. The lowest BCUT2D eigenvalue weighted by Crippen LogP contribution is -2.29. The molecule has 164 valence electrons. The molecule has 1 aliphatic heterocycles. The van der Waals surface area contributed by atoms with Gasteiger partial charge in [0.15, 0.2) is 5.82 Å². The Kier molecular flexibility index (Phi) is 6.57. The Bertz CT molecular complexity index is 1050. The van der Waals surface area contributed by atoms with E-state index in [2.05, 4.69) is 24.3 Å². The third-order valence-corrected chi connectivity index (χ3v) is 5.68. The van der Waals surface area contributed by atoms with Crippen molar-refractivity contribution in [3.05, 3.63) is 47.5 Å². The minimum atomic E-state index is -2.92. The van der Waals surface area contributed by atoms with Crippen molar-refractivity contribution in [2.45, 2.75) is 39.3 Å². The highest BCUT2D eigenvalue weighted by Gasteiger charge is 2.19. The molecule has 0 saturated carbocycles. The summed E-state index contributed by atoms with van der Waals surface area (Å²) < 4.78 is 39.4. The van der Waals surface area contributed by atoms with Gasteiger partial charge in [0.2, 0.25) is 5.13 Å². The Morgan fingerprint density at radius 3 is 2.87 bits per heavy atom. The smallest absolute Gasteiger partial charge is 0.387 e. The fraction of sp³-hybridized carbons (Fsp3) is 0.381. The number of furan rings is 1. The number of hydrogen-bond donors (Lipinski definition) is 1. The monoisotopic (exact) mass is 448 g/mol.